The summed E-state index contributed by atoms with van der Waals surface area (Å²) in [7, 11) is 0. The summed E-state index contributed by atoms with van der Waals surface area (Å²) >= 11 is 5.95. The third-order valence-electron chi connectivity index (χ3n) is 3.39. The van der Waals surface area contributed by atoms with Crippen LogP contribution in [0.4, 0.5) is 0 Å². The minimum Gasteiger partial charge on any atom is -0.481 e. The number of aliphatic carboxylic acids is 1. The highest BCUT2D eigenvalue weighted by atomic mass is 35.5. The van der Waals surface area contributed by atoms with Crippen LogP contribution in [0.5, 0.6) is 0 Å². The Morgan fingerprint density at radius 3 is 2.41 bits per heavy atom. The molecule has 0 heterocycles. The van der Waals surface area contributed by atoms with E-state index in [2.05, 4.69) is 0 Å². The minimum atomic E-state index is -0.869. The summed E-state index contributed by atoms with van der Waals surface area (Å²) in [6, 6.07) is 7.21. The summed E-state index contributed by atoms with van der Waals surface area (Å²) in [6.45, 7) is 5.51. The second-order valence-corrected chi connectivity index (χ2v) is 5.57. The first-order valence-corrected chi connectivity index (χ1v) is 5.81. The van der Waals surface area contributed by atoms with Crippen molar-refractivity contribution in [3.8, 4) is 0 Å². The van der Waals surface area contributed by atoms with Crippen molar-refractivity contribution in [1.82, 2.24) is 0 Å². The third-order valence-corrected chi connectivity index (χ3v) is 3.62. The smallest absolute Gasteiger partial charge is 0.304 e. The summed E-state index contributed by atoms with van der Waals surface area (Å²) < 4.78 is 0. The van der Waals surface area contributed by atoms with Gasteiger partial charge in [-0.15, -0.1) is 0 Å². The van der Waals surface area contributed by atoms with E-state index < -0.39 is 16.9 Å². The van der Waals surface area contributed by atoms with E-state index in [-0.39, 0.29) is 6.42 Å². The van der Waals surface area contributed by atoms with Crippen LogP contribution in [0.15, 0.2) is 24.3 Å². The molecule has 1 unspecified atom stereocenters. The van der Waals surface area contributed by atoms with Gasteiger partial charge in [0.2, 0.25) is 0 Å². The predicted molar refractivity (Wildman–Crippen MR) is 69.3 cm³/mol. The lowest BCUT2D eigenvalue weighted by Gasteiger charge is -2.41. The monoisotopic (exact) mass is 255 g/mol. The molecule has 0 aliphatic carbocycles. The van der Waals surface area contributed by atoms with Gasteiger partial charge in [-0.25, -0.2) is 0 Å². The Labute approximate surface area is 107 Å². The number of hydrogen-bond acceptors (Lipinski definition) is 2. The van der Waals surface area contributed by atoms with Crippen LogP contribution >= 0.6 is 11.6 Å². The lowest BCUT2D eigenvalue weighted by Crippen LogP contribution is -2.53. The maximum Gasteiger partial charge on any atom is 0.304 e. The topological polar surface area (TPSA) is 63.3 Å². The van der Waals surface area contributed by atoms with E-state index in [4.69, 9.17) is 22.4 Å². The SMILES string of the molecule is CC(C)(N)C(C)(CC(=O)O)c1cccc(Cl)c1. The molecule has 0 aromatic heterocycles. The lowest BCUT2D eigenvalue weighted by atomic mass is 9.66. The zero-order chi connectivity index (χ0) is 13.3. The molecule has 1 aromatic rings. The predicted octanol–water partition coefficient (Wildman–Crippen LogP) is 2.81. The lowest BCUT2D eigenvalue weighted by molar-refractivity contribution is -0.139. The molecule has 1 atom stereocenters. The second-order valence-electron chi connectivity index (χ2n) is 5.13. The van der Waals surface area contributed by atoms with Crippen LogP contribution < -0.4 is 5.73 Å². The van der Waals surface area contributed by atoms with Crippen LogP contribution in [0.3, 0.4) is 0 Å². The van der Waals surface area contributed by atoms with Gasteiger partial charge in [-0.2, -0.15) is 0 Å². The number of carboxylic acids is 1. The van der Waals surface area contributed by atoms with Crippen LogP contribution in [-0.2, 0) is 10.2 Å². The molecule has 3 N–H and O–H groups in total. The molecule has 1 rings (SSSR count). The molecular formula is C13H18ClNO2. The number of rotatable bonds is 4. The fraction of sp³-hybridized carbons (Fsp3) is 0.462. The van der Waals surface area contributed by atoms with E-state index in [1.807, 2.05) is 32.9 Å². The average molecular weight is 256 g/mol. The third kappa shape index (κ3) is 2.99. The molecule has 17 heavy (non-hydrogen) atoms. The first-order valence-electron chi connectivity index (χ1n) is 5.43. The Morgan fingerprint density at radius 2 is 2.00 bits per heavy atom. The van der Waals surface area contributed by atoms with Crippen LogP contribution in [0.1, 0.15) is 32.8 Å². The summed E-state index contributed by atoms with van der Waals surface area (Å²) in [6.07, 6.45) is -0.0309. The maximum atomic E-state index is 11.0. The Balaban J connectivity index is 3.29. The van der Waals surface area contributed by atoms with E-state index in [9.17, 15) is 4.79 Å². The molecule has 94 valence electrons. The number of nitrogens with two attached hydrogens (primary N) is 1. The molecule has 0 saturated heterocycles. The molecule has 4 heteroatoms. The van der Waals surface area contributed by atoms with Crippen molar-refractivity contribution in [2.24, 2.45) is 5.73 Å². The summed E-state index contributed by atoms with van der Waals surface area (Å²) in [4.78, 5) is 11.0. The Kier molecular flexibility index (Phi) is 3.84. The maximum absolute atomic E-state index is 11.0. The molecule has 0 aliphatic rings. The van der Waals surface area contributed by atoms with Crippen molar-refractivity contribution in [2.75, 3.05) is 0 Å². The highest BCUT2D eigenvalue weighted by Gasteiger charge is 2.41. The number of benzene rings is 1. The van der Waals surface area contributed by atoms with Gasteiger partial charge in [0, 0.05) is 16.0 Å². The molecule has 1 aromatic carbocycles. The molecule has 3 nitrogen and oxygen atoms in total. The van der Waals surface area contributed by atoms with Gasteiger partial charge in [0.25, 0.3) is 0 Å². The number of halogens is 1. The zero-order valence-electron chi connectivity index (χ0n) is 10.3. The van der Waals surface area contributed by atoms with Gasteiger partial charge >= 0.3 is 5.97 Å². The molecule has 0 saturated carbocycles. The largest absolute Gasteiger partial charge is 0.481 e. The number of carboxylic acid groups (broad SMARTS) is 1. The average Bonchev–Trinajstić information content (AvgIpc) is 2.14. The molecule has 0 fully saturated rings. The summed E-state index contributed by atoms with van der Waals surface area (Å²) in [5.41, 5.74) is 5.67. The second kappa shape index (κ2) is 4.67. The van der Waals surface area contributed by atoms with Crippen molar-refractivity contribution in [1.29, 1.82) is 0 Å². The quantitative estimate of drug-likeness (QED) is 0.870. The fourth-order valence-corrected chi connectivity index (χ4v) is 2.03. The Bertz CT molecular complexity index is 426. The zero-order valence-corrected chi connectivity index (χ0v) is 11.1. The standard InChI is InChI=1S/C13H18ClNO2/c1-12(2,15)13(3,8-11(16)17)9-5-4-6-10(14)7-9/h4-7H,8,15H2,1-3H3,(H,16,17). The van der Waals surface area contributed by atoms with E-state index in [0.717, 1.165) is 5.56 Å². The first-order chi connectivity index (χ1) is 7.67. The van der Waals surface area contributed by atoms with Crippen LogP contribution in [0, 0.1) is 0 Å². The molecule has 0 aliphatic heterocycles. The molecule has 0 spiro atoms. The minimum absolute atomic E-state index is 0.0309. The van der Waals surface area contributed by atoms with Gasteiger partial charge in [-0.3, -0.25) is 4.79 Å². The molecular weight excluding hydrogens is 238 g/mol. The van der Waals surface area contributed by atoms with Crippen LogP contribution in [-0.4, -0.2) is 16.6 Å². The van der Waals surface area contributed by atoms with Gasteiger partial charge < -0.3 is 10.8 Å². The van der Waals surface area contributed by atoms with Gasteiger partial charge in [0.05, 0.1) is 6.42 Å². The van der Waals surface area contributed by atoms with E-state index in [1.165, 1.54) is 0 Å². The van der Waals surface area contributed by atoms with Crippen molar-refractivity contribution >= 4 is 17.6 Å². The van der Waals surface area contributed by atoms with Crippen molar-refractivity contribution in [3.63, 3.8) is 0 Å². The van der Waals surface area contributed by atoms with Gasteiger partial charge in [0.1, 0.15) is 0 Å². The van der Waals surface area contributed by atoms with Gasteiger partial charge in [-0.05, 0) is 31.5 Å². The van der Waals surface area contributed by atoms with Crippen molar-refractivity contribution in [3.05, 3.63) is 34.9 Å². The van der Waals surface area contributed by atoms with Gasteiger partial charge in [-0.1, -0.05) is 30.7 Å². The van der Waals surface area contributed by atoms with Crippen molar-refractivity contribution in [2.45, 2.75) is 38.1 Å². The highest BCUT2D eigenvalue weighted by Crippen LogP contribution is 2.37. The van der Waals surface area contributed by atoms with Crippen LogP contribution in [0.25, 0.3) is 0 Å². The van der Waals surface area contributed by atoms with E-state index in [1.54, 1.807) is 12.1 Å². The van der Waals surface area contributed by atoms with Gasteiger partial charge in [0.15, 0.2) is 0 Å². The molecule has 0 bridgehead atoms. The fourth-order valence-electron chi connectivity index (χ4n) is 1.84. The highest BCUT2D eigenvalue weighted by molar-refractivity contribution is 6.30. The van der Waals surface area contributed by atoms with E-state index in [0.29, 0.717) is 5.02 Å². The van der Waals surface area contributed by atoms with Crippen molar-refractivity contribution < 1.29 is 9.90 Å². The normalized spacial score (nSPS) is 15.4. The van der Waals surface area contributed by atoms with E-state index >= 15 is 0 Å². The first kappa shape index (κ1) is 14.0. The molecule has 0 radical (unpaired) electrons. The Hall–Kier alpha value is -1.06. The number of hydrogen-bond donors (Lipinski definition) is 2. The summed E-state index contributed by atoms with van der Waals surface area (Å²) in [5.74, 6) is -0.869. The summed E-state index contributed by atoms with van der Waals surface area (Å²) in [5, 5.41) is 9.64. The Morgan fingerprint density at radius 1 is 1.41 bits per heavy atom. The molecule has 0 amide bonds. The number of carbonyl (C=O) groups is 1. The van der Waals surface area contributed by atoms with Crippen LogP contribution in [0.2, 0.25) is 5.02 Å².